The molecule has 2 rings (SSSR count). The second kappa shape index (κ2) is 5.05. The third kappa shape index (κ3) is 2.49. The van der Waals surface area contributed by atoms with Crippen molar-refractivity contribution in [2.24, 2.45) is 5.92 Å². The van der Waals surface area contributed by atoms with E-state index in [1.165, 1.54) is 19.3 Å². The highest BCUT2D eigenvalue weighted by Gasteiger charge is 2.21. The van der Waals surface area contributed by atoms with E-state index in [1.807, 2.05) is 0 Å². The Morgan fingerprint density at radius 3 is 2.94 bits per heavy atom. The van der Waals surface area contributed by atoms with Gasteiger partial charge in [-0.25, -0.2) is 0 Å². The summed E-state index contributed by atoms with van der Waals surface area (Å²) in [7, 11) is 0. The van der Waals surface area contributed by atoms with E-state index in [-0.39, 0.29) is 0 Å². The fourth-order valence-corrected chi connectivity index (χ4v) is 2.73. The van der Waals surface area contributed by atoms with Crippen LogP contribution in [-0.2, 0) is 13.0 Å². The van der Waals surface area contributed by atoms with Crippen molar-refractivity contribution in [2.75, 3.05) is 6.54 Å². The summed E-state index contributed by atoms with van der Waals surface area (Å²) < 4.78 is 2.38. The van der Waals surface area contributed by atoms with Gasteiger partial charge in [-0.15, -0.1) is 0 Å². The van der Waals surface area contributed by atoms with Crippen LogP contribution in [0.4, 0.5) is 0 Å². The normalized spacial score (nSPS) is 20.1. The third-order valence-corrected chi connectivity index (χ3v) is 3.34. The summed E-state index contributed by atoms with van der Waals surface area (Å²) in [6, 6.07) is 0.599. The van der Waals surface area contributed by atoms with Gasteiger partial charge in [0.2, 0.25) is 0 Å². The summed E-state index contributed by atoms with van der Waals surface area (Å²) in [5.74, 6) is 0.728. The van der Waals surface area contributed by atoms with E-state index in [0.29, 0.717) is 6.04 Å². The average molecular weight is 220 g/mol. The minimum atomic E-state index is 0.599. The Hall–Kier alpha value is -0.760. The fraction of sp³-hybridized carbons (Fsp3) is 0.714. The predicted octanol–water partition coefficient (Wildman–Crippen LogP) is 3.13. The van der Waals surface area contributed by atoms with Crippen molar-refractivity contribution in [3.8, 4) is 0 Å². The molecule has 0 amide bonds. The first kappa shape index (κ1) is 11.7. The first-order valence-electron chi connectivity index (χ1n) is 6.62. The van der Waals surface area contributed by atoms with E-state index >= 15 is 0 Å². The molecule has 1 N–H and O–H groups in total. The largest absolute Gasteiger partial charge is 0.353 e. The number of nitrogens with zero attached hydrogens (tertiary/aromatic N) is 1. The van der Waals surface area contributed by atoms with Gasteiger partial charge in [0, 0.05) is 25.0 Å². The molecule has 0 spiro atoms. The van der Waals surface area contributed by atoms with Crippen molar-refractivity contribution < 1.29 is 0 Å². The van der Waals surface area contributed by atoms with Gasteiger partial charge < -0.3 is 9.88 Å². The van der Waals surface area contributed by atoms with Crippen molar-refractivity contribution in [2.45, 2.75) is 52.6 Å². The molecule has 1 aliphatic carbocycles. The fourth-order valence-electron chi connectivity index (χ4n) is 2.73. The summed E-state index contributed by atoms with van der Waals surface area (Å²) in [5.41, 5.74) is 3.12. The number of aryl methyl sites for hydroxylation is 1. The summed E-state index contributed by atoms with van der Waals surface area (Å²) in [6.07, 6.45) is 8.62. The minimum Gasteiger partial charge on any atom is -0.353 e. The van der Waals surface area contributed by atoms with Gasteiger partial charge in [-0.2, -0.15) is 0 Å². The van der Waals surface area contributed by atoms with E-state index in [0.717, 1.165) is 19.0 Å². The molecular weight excluding hydrogens is 196 g/mol. The van der Waals surface area contributed by atoms with Crippen LogP contribution in [0.25, 0.3) is 0 Å². The van der Waals surface area contributed by atoms with E-state index in [1.54, 1.807) is 11.1 Å². The second-order valence-electron chi connectivity index (χ2n) is 5.33. The molecule has 0 saturated heterocycles. The van der Waals surface area contributed by atoms with E-state index in [2.05, 4.69) is 43.0 Å². The van der Waals surface area contributed by atoms with Crippen LogP contribution in [0.5, 0.6) is 0 Å². The molecule has 90 valence electrons. The SMILES string of the molecule is CCNC1CCCc2cn(CC(C)C)cc21. The van der Waals surface area contributed by atoms with E-state index < -0.39 is 0 Å². The predicted molar refractivity (Wildman–Crippen MR) is 68.6 cm³/mol. The van der Waals surface area contributed by atoms with E-state index in [9.17, 15) is 0 Å². The highest BCUT2D eigenvalue weighted by atomic mass is 15.0. The molecule has 0 fully saturated rings. The maximum atomic E-state index is 3.59. The van der Waals surface area contributed by atoms with Crippen molar-refractivity contribution in [1.82, 2.24) is 9.88 Å². The van der Waals surface area contributed by atoms with Crippen molar-refractivity contribution in [1.29, 1.82) is 0 Å². The summed E-state index contributed by atoms with van der Waals surface area (Å²) in [4.78, 5) is 0. The van der Waals surface area contributed by atoms with E-state index in [4.69, 9.17) is 0 Å². The Labute approximate surface area is 99.0 Å². The topological polar surface area (TPSA) is 17.0 Å². The van der Waals surface area contributed by atoms with Crippen LogP contribution in [0.3, 0.4) is 0 Å². The quantitative estimate of drug-likeness (QED) is 0.825. The molecule has 0 bridgehead atoms. The number of hydrogen-bond acceptors (Lipinski definition) is 1. The lowest BCUT2D eigenvalue weighted by molar-refractivity contribution is 0.472. The zero-order valence-corrected chi connectivity index (χ0v) is 10.8. The number of hydrogen-bond donors (Lipinski definition) is 1. The summed E-state index contributed by atoms with van der Waals surface area (Å²) in [6.45, 7) is 8.96. The molecule has 1 atom stereocenters. The molecule has 1 heterocycles. The van der Waals surface area contributed by atoms with Gasteiger partial charge in [0.1, 0.15) is 0 Å². The van der Waals surface area contributed by atoms with Gasteiger partial charge in [-0.3, -0.25) is 0 Å². The Bertz CT molecular complexity index is 339. The van der Waals surface area contributed by atoms with Gasteiger partial charge in [-0.05, 0) is 42.9 Å². The van der Waals surface area contributed by atoms with Crippen LogP contribution in [0.2, 0.25) is 0 Å². The van der Waals surface area contributed by atoms with Gasteiger partial charge in [0.15, 0.2) is 0 Å². The Kier molecular flexibility index (Phi) is 3.70. The lowest BCUT2D eigenvalue weighted by Gasteiger charge is -2.22. The number of fused-ring (bicyclic) bond motifs is 1. The average Bonchev–Trinajstić information content (AvgIpc) is 2.60. The molecule has 1 aromatic rings. The molecule has 1 unspecified atom stereocenters. The highest BCUT2D eigenvalue weighted by Crippen LogP contribution is 2.30. The molecule has 16 heavy (non-hydrogen) atoms. The summed E-state index contributed by atoms with van der Waals surface area (Å²) in [5, 5.41) is 3.59. The van der Waals surface area contributed by atoms with Crippen LogP contribution in [-0.4, -0.2) is 11.1 Å². The van der Waals surface area contributed by atoms with Crippen LogP contribution in [0.1, 0.15) is 50.8 Å². The molecule has 0 aliphatic heterocycles. The third-order valence-electron chi connectivity index (χ3n) is 3.34. The maximum Gasteiger partial charge on any atom is 0.0338 e. The summed E-state index contributed by atoms with van der Waals surface area (Å²) >= 11 is 0. The zero-order chi connectivity index (χ0) is 11.5. The number of rotatable bonds is 4. The monoisotopic (exact) mass is 220 g/mol. The van der Waals surface area contributed by atoms with Crippen molar-refractivity contribution >= 4 is 0 Å². The number of nitrogens with one attached hydrogen (secondary N) is 1. The maximum absolute atomic E-state index is 3.59. The van der Waals surface area contributed by atoms with Gasteiger partial charge in [0.25, 0.3) is 0 Å². The lowest BCUT2D eigenvalue weighted by Crippen LogP contribution is -2.23. The Morgan fingerprint density at radius 2 is 2.25 bits per heavy atom. The number of aromatic nitrogens is 1. The Balaban J connectivity index is 2.17. The molecule has 0 saturated carbocycles. The first-order chi connectivity index (χ1) is 7.70. The molecule has 0 aromatic carbocycles. The second-order valence-corrected chi connectivity index (χ2v) is 5.33. The van der Waals surface area contributed by atoms with Gasteiger partial charge >= 0.3 is 0 Å². The Morgan fingerprint density at radius 1 is 1.44 bits per heavy atom. The molecule has 0 radical (unpaired) electrons. The molecular formula is C14H24N2. The smallest absolute Gasteiger partial charge is 0.0338 e. The molecule has 1 aliphatic rings. The zero-order valence-electron chi connectivity index (χ0n) is 10.8. The van der Waals surface area contributed by atoms with Crippen LogP contribution in [0, 0.1) is 5.92 Å². The van der Waals surface area contributed by atoms with Crippen molar-refractivity contribution in [3.63, 3.8) is 0 Å². The molecule has 2 nitrogen and oxygen atoms in total. The standard InChI is InChI=1S/C14H24N2/c1-4-15-14-7-5-6-12-9-16(8-11(2)3)10-13(12)14/h9-11,14-15H,4-8H2,1-3H3. The van der Waals surface area contributed by atoms with Crippen LogP contribution < -0.4 is 5.32 Å². The molecule has 2 heteroatoms. The minimum absolute atomic E-state index is 0.599. The van der Waals surface area contributed by atoms with Crippen LogP contribution in [0.15, 0.2) is 12.4 Å². The van der Waals surface area contributed by atoms with Crippen molar-refractivity contribution in [3.05, 3.63) is 23.5 Å². The first-order valence-corrected chi connectivity index (χ1v) is 6.62. The lowest BCUT2D eigenvalue weighted by atomic mass is 9.91. The molecule has 1 aromatic heterocycles. The highest BCUT2D eigenvalue weighted by molar-refractivity contribution is 5.30. The van der Waals surface area contributed by atoms with Gasteiger partial charge in [-0.1, -0.05) is 20.8 Å². The van der Waals surface area contributed by atoms with Crippen LogP contribution >= 0.6 is 0 Å². The van der Waals surface area contributed by atoms with Gasteiger partial charge in [0.05, 0.1) is 0 Å².